The van der Waals surface area contributed by atoms with Crippen LogP contribution in [0, 0.1) is 13.8 Å². The maximum absolute atomic E-state index is 13.3. The Morgan fingerprint density at radius 3 is 2.25 bits per heavy atom. The van der Waals surface area contributed by atoms with Gasteiger partial charge in [-0.25, -0.2) is 0 Å². The quantitative estimate of drug-likeness (QED) is 0.312. The van der Waals surface area contributed by atoms with Crippen molar-refractivity contribution in [3.05, 3.63) is 89.2 Å². The van der Waals surface area contributed by atoms with Crippen molar-refractivity contribution in [1.29, 1.82) is 0 Å². The van der Waals surface area contributed by atoms with E-state index in [-0.39, 0.29) is 11.7 Å². The molecule has 2 aromatic carbocycles. The normalized spacial score (nSPS) is 12.1. The SMILES string of the molecule is Cc1ccc(C(=O)C(Sc2nnc(-c3ccco3)o2)c2ccc(C)cc2)cc1. The van der Waals surface area contributed by atoms with Crippen LogP contribution in [0.5, 0.6) is 0 Å². The number of nitrogens with zero attached hydrogens (tertiary/aromatic N) is 2. The monoisotopic (exact) mass is 390 g/mol. The van der Waals surface area contributed by atoms with E-state index in [1.54, 1.807) is 18.4 Å². The Morgan fingerprint density at radius 1 is 0.929 bits per heavy atom. The molecule has 1 unspecified atom stereocenters. The molecule has 28 heavy (non-hydrogen) atoms. The number of carbonyl (C=O) groups is 1. The Kier molecular flexibility index (Phi) is 5.12. The summed E-state index contributed by atoms with van der Waals surface area (Å²) in [4.78, 5) is 13.3. The zero-order valence-corrected chi connectivity index (χ0v) is 16.3. The maximum atomic E-state index is 13.3. The van der Waals surface area contributed by atoms with Crippen molar-refractivity contribution in [1.82, 2.24) is 10.2 Å². The molecule has 5 nitrogen and oxygen atoms in total. The number of hydrogen-bond acceptors (Lipinski definition) is 6. The van der Waals surface area contributed by atoms with Crippen LogP contribution in [-0.2, 0) is 0 Å². The Labute approximate surface area is 166 Å². The highest BCUT2D eigenvalue weighted by atomic mass is 32.2. The van der Waals surface area contributed by atoms with E-state index in [1.165, 1.54) is 11.8 Å². The fourth-order valence-electron chi connectivity index (χ4n) is 2.74. The molecule has 0 spiro atoms. The lowest BCUT2D eigenvalue weighted by Crippen LogP contribution is -2.10. The Bertz CT molecular complexity index is 1070. The number of furan rings is 1. The van der Waals surface area contributed by atoms with Gasteiger partial charge < -0.3 is 8.83 Å². The van der Waals surface area contributed by atoms with Crippen LogP contribution in [0.15, 0.2) is 81.0 Å². The molecular weight excluding hydrogens is 372 g/mol. The molecular formula is C22H18N2O3S. The van der Waals surface area contributed by atoms with E-state index >= 15 is 0 Å². The van der Waals surface area contributed by atoms with Crippen molar-refractivity contribution in [2.45, 2.75) is 24.3 Å². The molecule has 2 aromatic heterocycles. The first kappa shape index (κ1) is 18.3. The van der Waals surface area contributed by atoms with Crippen molar-refractivity contribution in [2.24, 2.45) is 0 Å². The largest absolute Gasteiger partial charge is 0.459 e. The van der Waals surface area contributed by atoms with Crippen molar-refractivity contribution in [3.8, 4) is 11.7 Å². The third-order valence-electron chi connectivity index (χ3n) is 4.31. The second kappa shape index (κ2) is 7.86. The number of aromatic nitrogens is 2. The predicted molar refractivity (Wildman–Crippen MR) is 107 cm³/mol. The number of rotatable bonds is 6. The molecule has 0 aliphatic carbocycles. The summed E-state index contributed by atoms with van der Waals surface area (Å²) in [6.45, 7) is 4.01. The van der Waals surface area contributed by atoms with E-state index in [2.05, 4.69) is 10.2 Å². The topological polar surface area (TPSA) is 69.1 Å². The number of Topliss-reactive ketones (excluding diaryl/α,β-unsaturated/α-hetero) is 1. The summed E-state index contributed by atoms with van der Waals surface area (Å²) in [5.74, 6) is 0.778. The van der Waals surface area contributed by atoms with Gasteiger partial charge in [-0.3, -0.25) is 4.79 Å². The highest BCUT2D eigenvalue weighted by Crippen LogP contribution is 2.38. The second-order valence-electron chi connectivity index (χ2n) is 6.49. The third kappa shape index (κ3) is 3.92. The van der Waals surface area contributed by atoms with Crippen LogP contribution in [0.1, 0.15) is 32.3 Å². The lowest BCUT2D eigenvalue weighted by molar-refractivity contribution is 0.0989. The summed E-state index contributed by atoms with van der Waals surface area (Å²) in [5.41, 5.74) is 3.78. The van der Waals surface area contributed by atoms with Gasteiger partial charge in [0.25, 0.3) is 11.1 Å². The summed E-state index contributed by atoms with van der Waals surface area (Å²) >= 11 is 1.24. The van der Waals surface area contributed by atoms with Gasteiger partial charge in [-0.15, -0.1) is 10.2 Å². The van der Waals surface area contributed by atoms with E-state index in [0.29, 0.717) is 16.5 Å². The average Bonchev–Trinajstić information content (AvgIpc) is 3.39. The number of ketones is 1. The molecule has 0 aliphatic rings. The van der Waals surface area contributed by atoms with Gasteiger partial charge in [0.1, 0.15) is 5.25 Å². The lowest BCUT2D eigenvalue weighted by Gasteiger charge is -2.14. The number of aryl methyl sites for hydroxylation is 2. The molecule has 0 saturated heterocycles. The predicted octanol–water partition coefficient (Wildman–Crippen LogP) is 5.66. The van der Waals surface area contributed by atoms with Gasteiger partial charge >= 0.3 is 0 Å². The molecule has 0 saturated carbocycles. The van der Waals surface area contributed by atoms with E-state index < -0.39 is 5.25 Å². The fourth-order valence-corrected chi connectivity index (χ4v) is 3.69. The van der Waals surface area contributed by atoms with Crippen LogP contribution in [0.2, 0.25) is 0 Å². The standard InChI is InChI=1S/C22H18N2O3S/c1-14-5-9-16(10-6-14)19(25)20(17-11-7-15(2)8-12-17)28-22-24-23-21(27-22)18-4-3-13-26-18/h3-13,20H,1-2H3. The second-order valence-corrected chi connectivity index (χ2v) is 7.55. The van der Waals surface area contributed by atoms with Crippen LogP contribution < -0.4 is 0 Å². The van der Waals surface area contributed by atoms with Gasteiger partial charge in [0.05, 0.1) is 6.26 Å². The van der Waals surface area contributed by atoms with Gasteiger partial charge in [-0.05, 0) is 43.3 Å². The molecule has 0 aliphatic heterocycles. The summed E-state index contributed by atoms with van der Waals surface area (Å²) < 4.78 is 11.0. The van der Waals surface area contributed by atoms with E-state index in [4.69, 9.17) is 8.83 Å². The highest BCUT2D eigenvalue weighted by molar-refractivity contribution is 8.00. The zero-order valence-electron chi connectivity index (χ0n) is 15.5. The molecule has 0 fully saturated rings. The summed E-state index contributed by atoms with van der Waals surface area (Å²) in [6, 6.07) is 19.0. The molecule has 140 valence electrons. The van der Waals surface area contributed by atoms with Crippen LogP contribution in [-0.4, -0.2) is 16.0 Å². The average molecular weight is 390 g/mol. The first-order valence-electron chi connectivity index (χ1n) is 8.81. The van der Waals surface area contributed by atoms with Gasteiger partial charge in [0.15, 0.2) is 11.5 Å². The minimum Gasteiger partial charge on any atom is -0.459 e. The van der Waals surface area contributed by atoms with Gasteiger partial charge in [-0.1, -0.05) is 59.7 Å². The van der Waals surface area contributed by atoms with Crippen molar-refractivity contribution < 1.29 is 13.6 Å². The van der Waals surface area contributed by atoms with Gasteiger partial charge in [0, 0.05) is 5.56 Å². The van der Waals surface area contributed by atoms with Gasteiger partial charge in [-0.2, -0.15) is 0 Å². The first-order chi connectivity index (χ1) is 13.6. The molecule has 0 radical (unpaired) electrons. The molecule has 4 rings (SSSR count). The third-order valence-corrected chi connectivity index (χ3v) is 5.40. The lowest BCUT2D eigenvalue weighted by atomic mass is 10.0. The highest BCUT2D eigenvalue weighted by Gasteiger charge is 2.26. The van der Waals surface area contributed by atoms with E-state index in [9.17, 15) is 4.79 Å². The minimum absolute atomic E-state index is 0.00778. The van der Waals surface area contributed by atoms with E-state index in [1.807, 2.05) is 62.4 Å². The van der Waals surface area contributed by atoms with E-state index in [0.717, 1.165) is 16.7 Å². The smallest absolute Gasteiger partial charge is 0.284 e. The summed E-state index contributed by atoms with van der Waals surface area (Å²) in [5, 5.41) is 7.92. The number of benzene rings is 2. The molecule has 0 bridgehead atoms. The minimum atomic E-state index is -0.492. The molecule has 0 amide bonds. The first-order valence-corrected chi connectivity index (χ1v) is 9.69. The van der Waals surface area contributed by atoms with Gasteiger partial charge in [0.2, 0.25) is 0 Å². The summed E-state index contributed by atoms with van der Waals surface area (Å²) in [7, 11) is 0. The van der Waals surface area contributed by atoms with Crippen LogP contribution in [0.3, 0.4) is 0 Å². The Balaban J connectivity index is 1.66. The van der Waals surface area contributed by atoms with Crippen molar-refractivity contribution in [2.75, 3.05) is 0 Å². The van der Waals surface area contributed by atoms with Crippen LogP contribution in [0.25, 0.3) is 11.7 Å². The number of thioether (sulfide) groups is 1. The van der Waals surface area contributed by atoms with Crippen LogP contribution in [0.4, 0.5) is 0 Å². The molecule has 2 heterocycles. The van der Waals surface area contributed by atoms with Crippen LogP contribution >= 0.6 is 11.8 Å². The number of carbonyl (C=O) groups excluding carboxylic acids is 1. The Morgan fingerprint density at radius 2 is 1.61 bits per heavy atom. The fraction of sp³-hybridized carbons (Fsp3) is 0.136. The van der Waals surface area contributed by atoms with Crippen molar-refractivity contribution in [3.63, 3.8) is 0 Å². The molecule has 6 heteroatoms. The summed E-state index contributed by atoms with van der Waals surface area (Å²) in [6.07, 6.45) is 1.54. The Hall–Kier alpha value is -3.12. The molecule has 0 N–H and O–H groups in total. The van der Waals surface area contributed by atoms with Crippen molar-refractivity contribution >= 4 is 17.5 Å². The number of hydrogen-bond donors (Lipinski definition) is 0. The zero-order chi connectivity index (χ0) is 19.5. The molecule has 1 atom stereocenters. The maximum Gasteiger partial charge on any atom is 0.284 e. The molecule has 4 aromatic rings.